The van der Waals surface area contributed by atoms with Gasteiger partial charge in [-0.2, -0.15) is 0 Å². The highest BCUT2D eigenvalue weighted by Crippen LogP contribution is 2.39. The van der Waals surface area contributed by atoms with Crippen LogP contribution in [0.2, 0.25) is 10.0 Å². The van der Waals surface area contributed by atoms with E-state index in [-0.39, 0.29) is 17.9 Å². The molecule has 4 nitrogen and oxygen atoms in total. The summed E-state index contributed by atoms with van der Waals surface area (Å²) in [5, 5.41) is 12.0. The average Bonchev–Trinajstić information content (AvgIpc) is 3.04. The number of aliphatic hydroxyl groups is 1. The predicted molar refractivity (Wildman–Crippen MR) is 122 cm³/mol. The smallest absolute Gasteiger partial charge is 0.295 e. The van der Waals surface area contributed by atoms with Gasteiger partial charge in [-0.15, -0.1) is 0 Å². The summed E-state index contributed by atoms with van der Waals surface area (Å²) in [6.45, 7) is 0.228. The molecule has 1 fully saturated rings. The van der Waals surface area contributed by atoms with E-state index < -0.39 is 23.5 Å². The average molecular weight is 470 g/mol. The van der Waals surface area contributed by atoms with Crippen LogP contribution in [-0.4, -0.2) is 28.2 Å². The second-order valence-corrected chi connectivity index (χ2v) is 8.30. The molecule has 1 aliphatic heterocycles. The number of rotatable bonds is 5. The lowest BCUT2D eigenvalue weighted by Gasteiger charge is -2.25. The quantitative estimate of drug-likeness (QED) is 0.292. The van der Waals surface area contributed by atoms with Gasteiger partial charge in [0.05, 0.1) is 11.6 Å². The van der Waals surface area contributed by atoms with Gasteiger partial charge in [0.1, 0.15) is 11.6 Å². The number of likely N-dealkylation sites (tertiary alicyclic amines) is 1. The molecule has 0 bridgehead atoms. The maximum absolute atomic E-state index is 13.6. The molecule has 4 rings (SSSR count). The van der Waals surface area contributed by atoms with Gasteiger partial charge in [-0.1, -0.05) is 47.5 Å². The number of nitrogens with zero attached hydrogens (tertiary/aromatic N) is 1. The Kier molecular flexibility index (Phi) is 6.31. The Labute approximate surface area is 194 Å². The van der Waals surface area contributed by atoms with Crippen molar-refractivity contribution in [2.45, 2.75) is 12.5 Å². The second kappa shape index (κ2) is 9.15. The standard InChI is InChI=1S/C25H18Cl2FNO3/c26-18-7-1-15(2-8-18)13-14-29-22(16-5-11-20(28)12-6-16)21(24(31)25(29)32)23(30)17-3-9-19(27)10-4-17/h1-12,22,30H,13-14H2/b23-21-. The van der Waals surface area contributed by atoms with E-state index in [1.165, 1.54) is 29.2 Å². The second-order valence-electron chi connectivity index (χ2n) is 7.43. The molecule has 1 heterocycles. The molecule has 32 heavy (non-hydrogen) atoms. The first-order chi connectivity index (χ1) is 15.3. The lowest BCUT2D eigenvalue weighted by atomic mass is 9.95. The van der Waals surface area contributed by atoms with Crippen molar-refractivity contribution in [1.82, 2.24) is 4.90 Å². The van der Waals surface area contributed by atoms with Gasteiger partial charge in [0.2, 0.25) is 0 Å². The first kappa shape index (κ1) is 22.1. The molecular weight excluding hydrogens is 452 g/mol. The monoisotopic (exact) mass is 469 g/mol. The number of hydrogen-bond donors (Lipinski definition) is 1. The molecule has 3 aromatic carbocycles. The number of amides is 1. The lowest BCUT2D eigenvalue weighted by Crippen LogP contribution is -2.31. The Balaban J connectivity index is 1.76. The number of carbonyl (C=O) groups is 2. The van der Waals surface area contributed by atoms with Gasteiger partial charge in [-0.25, -0.2) is 4.39 Å². The van der Waals surface area contributed by atoms with Gasteiger partial charge >= 0.3 is 0 Å². The van der Waals surface area contributed by atoms with Gasteiger partial charge in [0.25, 0.3) is 11.7 Å². The zero-order chi connectivity index (χ0) is 22.8. The Morgan fingerprint density at radius 2 is 1.44 bits per heavy atom. The topological polar surface area (TPSA) is 57.6 Å². The predicted octanol–water partition coefficient (Wildman–Crippen LogP) is 5.80. The van der Waals surface area contributed by atoms with Gasteiger partial charge in [0, 0.05) is 22.2 Å². The highest BCUT2D eigenvalue weighted by molar-refractivity contribution is 6.46. The minimum Gasteiger partial charge on any atom is -0.507 e. The maximum Gasteiger partial charge on any atom is 0.295 e. The van der Waals surface area contributed by atoms with Gasteiger partial charge in [0.15, 0.2) is 0 Å². The molecule has 0 spiro atoms. The fourth-order valence-electron chi connectivity index (χ4n) is 3.77. The molecule has 3 aromatic rings. The Hall–Kier alpha value is -3.15. The van der Waals surface area contributed by atoms with E-state index in [4.69, 9.17) is 23.2 Å². The van der Waals surface area contributed by atoms with Gasteiger partial charge in [-0.05, 0) is 66.1 Å². The van der Waals surface area contributed by atoms with Gasteiger partial charge < -0.3 is 10.0 Å². The van der Waals surface area contributed by atoms with Crippen molar-refractivity contribution >= 4 is 40.7 Å². The van der Waals surface area contributed by atoms with Crippen molar-refractivity contribution < 1.29 is 19.1 Å². The molecule has 0 radical (unpaired) electrons. The summed E-state index contributed by atoms with van der Waals surface area (Å²) < 4.78 is 13.6. The molecule has 1 saturated heterocycles. The van der Waals surface area contributed by atoms with Crippen LogP contribution in [0.5, 0.6) is 0 Å². The van der Waals surface area contributed by atoms with E-state index in [9.17, 15) is 19.1 Å². The first-order valence-electron chi connectivity index (χ1n) is 9.89. The minimum absolute atomic E-state index is 0.0416. The van der Waals surface area contributed by atoms with Crippen LogP contribution in [0, 0.1) is 5.82 Å². The van der Waals surface area contributed by atoms with Crippen LogP contribution in [0.3, 0.4) is 0 Å². The summed E-state index contributed by atoms with van der Waals surface area (Å²) in [6, 6.07) is 18.2. The number of benzene rings is 3. The highest BCUT2D eigenvalue weighted by atomic mass is 35.5. The van der Waals surface area contributed by atoms with Crippen LogP contribution in [-0.2, 0) is 16.0 Å². The summed E-state index contributed by atoms with van der Waals surface area (Å²) in [5.41, 5.74) is 1.78. The number of ketones is 1. The molecule has 0 aromatic heterocycles. The zero-order valence-electron chi connectivity index (χ0n) is 16.8. The van der Waals surface area contributed by atoms with Gasteiger partial charge in [-0.3, -0.25) is 9.59 Å². The van der Waals surface area contributed by atoms with E-state index in [1.54, 1.807) is 36.4 Å². The summed E-state index contributed by atoms with van der Waals surface area (Å²) in [4.78, 5) is 27.3. The third kappa shape index (κ3) is 4.40. The van der Waals surface area contributed by atoms with E-state index in [0.717, 1.165) is 5.56 Å². The molecule has 1 N–H and O–H groups in total. The maximum atomic E-state index is 13.6. The molecule has 0 saturated carbocycles. The van der Waals surface area contributed by atoms with Crippen molar-refractivity contribution in [3.63, 3.8) is 0 Å². The van der Waals surface area contributed by atoms with Crippen molar-refractivity contribution in [1.29, 1.82) is 0 Å². The zero-order valence-corrected chi connectivity index (χ0v) is 18.3. The van der Waals surface area contributed by atoms with Crippen molar-refractivity contribution in [3.05, 3.63) is 111 Å². The van der Waals surface area contributed by atoms with Crippen molar-refractivity contribution in [2.24, 2.45) is 0 Å². The summed E-state index contributed by atoms with van der Waals surface area (Å²) >= 11 is 11.9. The van der Waals surface area contributed by atoms with Crippen LogP contribution in [0.25, 0.3) is 5.76 Å². The third-order valence-corrected chi connectivity index (χ3v) is 5.90. The summed E-state index contributed by atoms with van der Waals surface area (Å²) in [7, 11) is 0. The number of hydrogen-bond acceptors (Lipinski definition) is 3. The summed E-state index contributed by atoms with van der Waals surface area (Å²) in [5.74, 6) is -2.25. The number of Topliss-reactive ketones (excluding diaryl/α,β-unsaturated/α-hetero) is 1. The number of halogens is 3. The SMILES string of the molecule is O=C1C(=O)N(CCc2ccc(Cl)cc2)C(c2ccc(F)cc2)/C1=C(/O)c1ccc(Cl)cc1. The third-order valence-electron chi connectivity index (χ3n) is 5.40. The normalized spacial score (nSPS) is 17.7. The number of aliphatic hydroxyl groups excluding tert-OH is 1. The fraction of sp³-hybridized carbons (Fsp3) is 0.120. The van der Waals surface area contributed by atoms with E-state index in [2.05, 4.69) is 0 Å². The first-order valence-corrected chi connectivity index (χ1v) is 10.6. The molecule has 7 heteroatoms. The van der Waals surface area contributed by atoms with Crippen LogP contribution in [0.15, 0.2) is 78.4 Å². The number of carbonyl (C=O) groups excluding carboxylic acids is 2. The molecular formula is C25H18Cl2FNO3. The van der Waals surface area contributed by atoms with Crippen LogP contribution >= 0.6 is 23.2 Å². The van der Waals surface area contributed by atoms with Crippen molar-refractivity contribution in [3.8, 4) is 0 Å². The van der Waals surface area contributed by atoms with E-state index in [0.29, 0.717) is 27.6 Å². The van der Waals surface area contributed by atoms with E-state index in [1.807, 2.05) is 12.1 Å². The van der Waals surface area contributed by atoms with E-state index >= 15 is 0 Å². The van der Waals surface area contributed by atoms with Crippen molar-refractivity contribution in [2.75, 3.05) is 6.54 Å². The molecule has 1 aliphatic rings. The molecule has 1 atom stereocenters. The molecule has 1 amide bonds. The molecule has 0 aliphatic carbocycles. The highest BCUT2D eigenvalue weighted by Gasteiger charge is 2.45. The Bertz CT molecular complexity index is 1190. The largest absolute Gasteiger partial charge is 0.507 e. The fourth-order valence-corrected chi connectivity index (χ4v) is 4.02. The Morgan fingerprint density at radius 3 is 2.03 bits per heavy atom. The minimum atomic E-state index is -0.849. The lowest BCUT2D eigenvalue weighted by molar-refractivity contribution is -0.139. The molecule has 1 unspecified atom stereocenters. The Morgan fingerprint density at radius 1 is 0.875 bits per heavy atom. The van der Waals surface area contributed by atoms with Crippen LogP contribution in [0.4, 0.5) is 4.39 Å². The van der Waals surface area contributed by atoms with Crippen LogP contribution < -0.4 is 0 Å². The summed E-state index contributed by atoms with van der Waals surface area (Å²) in [6.07, 6.45) is 0.475. The van der Waals surface area contributed by atoms with Crippen LogP contribution in [0.1, 0.15) is 22.7 Å². The molecule has 162 valence electrons.